The number of rotatable bonds is 6. The monoisotopic (exact) mass is 498 g/mol. The second-order valence-corrected chi connectivity index (χ2v) is 8.91. The number of nitrogens with zero attached hydrogens (tertiary/aromatic N) is 2. The van der Waals surface area contributed by atoms with Crippen LogP contribution in [0.15, 0.2) is 72.8 Å². The van der Waals surface area contributed by atoms with Crippen LogP contribution in [0, 0.1) is 0 Å². The smallest absolute Gasteiger partial charge is 0.339 e. The molecule has 0 saturated carbocycles. The molecule has 0 bridgehead atoms. The van der Waals surface area contributed by atoms with E-state index in [-0.39, 0.29) is 12.6 Å². The molecule has 0 aromatic heterocycles. The first-order valence-corrected chi connectivity index (χ1v) is 11.4. The number of carbonyl (C=O) groups is 2. The van der Waals surface area contributed by atoms with Crippen molar-refractivity contribution in [1.29, 1.82) is 0 Å². The van der Waals surface area contributed by atoms with Crippen molar-refractivity contribution in [1.82, 2.24) is 9.80 Å². The molecule has 1 heterocycles. The first kappa shape index (κ1) is 23.9. The zero-order chi connectivity index (χ0) is 24.5. The van der Waals surface area contributed by atoms with Gasteiger partial charge in [0.25, 0.3) is 0 Å². The Bertz CT molecular complexity index is 1180. The number of ether oxygens (including phenoxy) is 2. The zero-order valence-electron chi connectivity index (χ0n) is 19.0. The number of halogens is 2. The summed E-state index contributed by atoms with van der Waals surface area (Å²) in [6.07, 6.45) is 0. The van der Waals surface area contributed by atoms with Crippen molar-refractivity contribution in [3.8, 4) is 5.75 Å². The van der Waals surface area contributed by atoms with Gasteiger partial charge in [0.1, 0.15) is 5.75 Å². The molecule has 6 nitrogen and oxygen atoms in total. The summed E-state index contributed by atoms with van der Waals surface area (Å²) in [6, 6.07) is 20.5. The van der Waals surface area contributed by atoms with Gasteiger partial charge in [-0.1, -0.05) is 59.6 Å². The molecular weight excluding hydrogens is 475 g/mol. The molecule has 0 N–H and O–H groups in total. The highest BCUT2D eigenvalue weighted by molar-refractivity contribution is 6.30. The first-order chi connectivity index (χ1) is 16.3. The largest absolute Gasteiger partial charge is 0.497 e. The second-order valence-electron chi connectivity index (χ2n) is 8.04. The van der Waals surface area contributed by atoms with Crippen LogP contribution < -0.4 is 4.74 Å². The molecule has 1 fully saturated rings. The van der Waals surface area contributed by atoms with Crippen molar-refractivity contribution in [3.05, 3.63) is 99.5 Å². The number of methoxy groups -OCH3 is 2. The Morgan fingerprint density at radius 1 is 0.912 bits per heavy atom. The van der Waals surface area contributed by atoms with Crippen LogP contribution in [0.4, 0.5) is 4.79 Å². The highest BCUT2D eigenvalue weighted by Gasteiger charge is 2.62. The highest BCUT2D eigenvalue weighted by Crippen LogP contribution is 2.51. The molecule has 0 radical (unpaired) electrons. The Morgan fingerprint density at radius 3 is 2.00 bits per heavy atom. The molecule has 3 aromatic rings. The molecule has 3 aromatic carbocycles. The van der Waals surface area contributed by atoms with E-state index in [0.717, 1.165) is 11.1 Å². The van der Waals surface area contributed by atoms with Gasteiger partial charge in [0, 0.05) is 23.6 Å². The van der Waals surface area contributed by atoms with Gasteiger partial charge in [-0.25, -0.2) is 9.59 Å². The molecule has 0 spiro atoms. The molecule has 2 atom stereocenters. The Balaban J connectivity index is 1.92. The summed E-state index contributed by atoms with van der Waals surface area (Å²) >= 11 is 12.3. The van der Waals surface area contributed by atoms with E-state index in [1.807, 2.05) is 36.4 Å². The van der Waals surface area contributed by atoms with Crippen LogP contribution in [0.3, 0.4) is 0 Å². The number of esters is 1. The average Bonchev–Trinajstić information content (AvgIpc) is 3.07. The second kappa shape index (κ2) is 9.57. The number of carbonyl (C=O) groups excluding carboxylic acids is 2. The summed E-state index contributed by atoms with van der Waals surface area (Å²) in [7, 11) is 4.54. The van der Waals surface area contributed by atoms with E-state index < -0.39 is 17.6 Å². The Labute approximate surface area is 208 Å². The third-order valence-electron chi connectivity index (χ3n) is 6.25. The Hall–Kier alpha value is -3.22. The topological polar surface area (TPSA) is 59.1 Å². The maximum Gasteiger partial charge on any atom is 0.339 e. The van der Waals surface area contributed by atoms with Crippen molar-refractivity contribution in [2.45, 2.75) is 18.1 Å². The Kier molecular flexibility index (Phi) is 6.73. The number of urea groups is 1. The van der Waals surface area contributed by atoms with E-state index >= 15 is 0 Å². The fourth-order valence-corrected chi connectivity index (χ4v) is 4.85. The normalized spacial score (nSPS) is 19.9. The van der Waals surface area contributed by atoms with Gasteiger partial charge < -0.3 is 19.3 Å². The summed E-state index contributed by atoms with van der Waals surface area (Å²) in [5.41, 5.74) is 0.780. The number of likely N-dealkylation sites (N-methyl/N-ethyl adjacent to an activating group) is 1. The maximum atomic E-state index is 13.7. The van der Waals surface area contributed by atoms with Crippen molar-refractivity contribution in [2.24, 2.45) is 0 Å². The minimum Gasteiger partial charge on any atom is -0.497 e. The lowest BCUT2D eigenvalue weighted by atomic mass is 9.79. The molecule has 1 aliphatic heterocycles. The van der Waals surface area contributed by atoms with Crippen molar-refractivity contribution in [2.75, 3.05) is 21.3 Å². The van der Waals surface area contributed by atoms with Gasteiger partial charge in [-0.2, -0.15) is 0 Å². The van der Waals surface area contributed by atoms with Gasteiger partial charge in [0.15, 0.2) is 5.54 Å². The molecule has 1 saturated heterocycles. The first-order valence-electron chi connectivity index (χ1n) is 10.6. The van der Waals surface area contributed by atoms with Gasteiger partial charge in [-0.3, -0.25) is 0 Å². The predicted molar refractivity (Wildman–Crippen MR) is 131 cm³/mol. The molecular formula is C26H24Cl2N2O4. The van der Waals surface area contributed by atoms with Gasteiger partial charge in [0.05, 0.1) is 20.3 Å². The van der Waals surface area contributed by atoms with Gasteiger partial charge in [-0.15, -0.1) is 0 Å². The summed E-state index contributed by atoms with van der Waals surface area (Å²) in [5.74, 6) is 0.163. The van der Waals surface area contributed by atoms with Gasteiger partial charge >= 0.3 is 12.0 Å². The standard InChI is InChI=1S/C26H24Cl2N2O4/c1-29-25(32)30(16-17-4-14-22(33-2)15-5-17)23(18-6-10-20(27)11-7-18)26(29,24(31)34-3)19-8-12-21(28)13-9-19/h4-15,23H,16H2,1-3H3/t23-,26+/m1/s1. The Morgan fingerprint density at radius 2 is 1.47 bits per heavy atom. The summed E-state index contributed by atoms with van der Waals surface area (Å²) in [4.78, 5) is 30.4. The molecule has 0 aliphatic carbocycles. The molecule has 0 unspecified atom stereocenters. The maximum absolute atomic E-state index is 13.7. The fourth-order valence-electron chi connectivity index (χ4n) is 4.59. The van der Waals surface area contributed by atoms with E-state index in [4.69, 9.17) is 32.7 Å². The highest BCUT2D eigenvalue weighted by atomic mass is 35.5. The summed E-state index contributed by atoms with van der Waals surface area (Å²) < 4.78 is 10.6. The molecule has 34 heavy (non-hydrogen) atoms. The molecule has 176 valence electrons. The number of benzene rings is 3. The number of amides is 2. The van der Waals surface area contributed by atoms with Crippen LogP contribution in [0.1, 0.15) is 22.7 Å². The van der Waals surface area contributed by atoms with E-state index in [0.29, 0.717) is 21.4 Å². The van der Waals surface area contributed by atoms with Crippen LogP contribution in [-0.4, -0.2) is 43.1 Å². The van der Waals surface area contributed by atoms with E-state index in [2.05, 4.69) is 0 Å². The molecule has 2 amide bonds. The summed E-state index contributed by atoms with van der Waals surface area (Å²) in [6.45, 7) is 0.271. The molecule has 1 aliphatic rings. The fraction of sp³-hybridized carbons (Fsp3) is 0.231. The van der Waals surface area contributed by atoms with Crippen molar-refractivity contribution in [3.63, 3.8) is 0 Å². The quantitative estimate of drug-likeness (QED) is 0.410. The molecule has 8 heteroatoms. The minimum atomic E-state index is -1.45. The molecule has 4 rings (SSSR count). The predicted octanol–water partition coefficient (Wildman–Crippen LogP) is 5.68. The summed E-state index contributed by atoms with van der Waals surface area (Å²) in [5, 5.41) is 1.08. The number of hydrogen-bond acceptors (Lipinski definition) is 4. The van der Waals surface area contributed by atoms with Crippen LogP contribution in [0.5, 0.6) is 5.75 Å². The van der Waals surface area contributed by atoms with Gasteiger partial charge in [0.2, 0.25) is 0 Å². The lowest BCUT2D eigenvalue weighted by Crippen LogP contribution is -2.50. The third kappa shape index (κ3) is 3.97. The zero-order valence-corrected chi connectivity index (χ0v) is 20.5. The average molecular weight is 499 g/mol. The third-order valence-corrected chi connectivity index (χ3v) is 6.75. The lowest BCUT2D eigenvalue weighted by Gasteiger charge is -2.38. The van der Waals surface area contributed by atoms with E-state index in [1.54, 1.807) is 55.5 Å². The van der Waals surface area contributed by atoms with Crippen molar-refractivity contribution < 1.29 is 19.1 Å². The minimum absolute atomic E-state index is 0.271. The van der Waals surface area contributed by atoms with Crippen LogP contribution in [0.25, 0.3) is 0 Å². The SMILES string of the molecule is COC(=O)[C@]1(c2ccc(Cl)cc2)[C@@H](c2ccc(Cl)cc2)N(Cc2ccc(OC)cc2)C(=O)N1C. The number of hydrogen-bond donors (Lipinski definition) is 0. The van der Waals surface area contributed by atoms with Crippen LogP contribution in [-0.2, 0) is 21.6 Å². The van der Waals surface area contributed by atoms with Crippen LogP contribution >= 0.6 is 23.2 Å². The van der Waals surface area contributed by atoms with E-state index in [9.17, 15) is 9.59 Å². The lowest BCUT2D eigenvalue weighted by molar-refractivity contribution is -0.154. The van der Waals surface area contributed by atoms with Crippen molar-refractivity contribution >= 4 is 35.2 Å². The van der Waals surface area contributed by atoms with Gasteiger partial charge in [-0.05, 0) is 53.1 Å². The van der Waals surface area contributed by atoms with E-state index in [1.165, 1.54) is 12.0 Å². The van der Waals surface area contributed by atoms with Crippen LogP contribution in [0.2, 0.25) is 10.0 Å².